The standard InChI is InChI=1S/C13H21N3O4/c1-8(14)12(18)20-13(19)10-5-3-7-16(10)11(17)9-4-2-6-15-9/h8-10,15H,2-7,14H2,1H3/t8-,9-,10-/m0/s1. The third-order valence-electron chi connectivity index (χ3n) is 3.74. The molecule has 2 aliphatic rings. The monoisotopic (exact) mass is 283 g/mol. The molecule has 1 amide bonds. The molecule has 0 saturated carbocycles. The van der Waals surface area contributed by atoms with Crippen LogP contribution in [0.4, 0.5) is 0 Å². The largest absolute Gasteiger partial charge is 0.390 e. The zero-order valence-corrected chi connectivity index (χ0v) is 11.6. The minimum Gasteiger partial charge on any atom is -0.390 e. The van der Waals surface area contributed by atoms with Gasteiger partial charge in [-0.15, -0.1) is 0 Å². The smallest absolute Gasteiger partial charge is 0.336 e. The Kier molecular flexibility index (Phi) is 4.72. The molecule has 0 aromatic rings. The zero-order chi connectivity index (χ0) is 14.7. The van der Waals surface area contributed by atoms with Crippen LogP contribution < -0.4 is 11.1 Å². The molecule has 0 aliphatic carbocycles. The number of hydrogen-bond acceptors (Lipinski definition) is 6. The van der Waals surface area contributed by atoms with Crippen molar-refractivity contribution in [3.05, 3.63) is 0 Å². The van der Waals surface area contributed by atoms with Crippen molar-refractivity contribution in [2.75, 3.05) is 13.1 Å². The lowest BCUT2D eigenvalue weighted by atomic mass is 10.1. The van der Waals surface area contributed by atoms with Crippen LogP contribution in [-0.4, -0.2) is 54.0 Å². The minimum absolute atomic E-state index is 0.0739. The summed E-state index contributed by atoms with van der Waals surface area (Å²) in [6, 6.07) is -1.72. The number of nitrogens with zero attached hydrogens (tertiary/aromatic N) is 1. The third-order valence-corrected chi connectivity index (χ3v) is 3.74. The second-order valence-corrected chi connectivity index (χ2v) is 5.37. The highest BCUT2D eigenvalue weighted by Crippen LogP contribution is 2.21. The summed E-state index contributed by atoms with van der Waals surface area (Å²) < 4.78 is 4.72. The molecule has 3 atom stereocenters. The number of carbonyl (C=O) groups excluding carboxylic acids is 3. The molecule has 3 N–H and O–H groups in total. The van der Waals surface area contributed by atoms with Gasteiger partial charge < -0.3 is 20.7 Å². The molecular weight excluding hydrogens is 262 g/mol. The van der Waals surface area contributed by atoms with Crippen molar-refractivity contribution in [2.45, 2.75) is 50.7 Å². The molecule has 0 unspecified atom stereocenters. The van der Waals surface area contributed by atoms with Gasteiger partial charge >= 0.3 is 11.9 Å². The average molecular weight is 283 g/mol. The molecule has 0 radical (unpaired) electrons. The van der Waals surface area contributed by atoms with Crippen molar-refractivity contribution in [2.24, 2.45) is 5.73 Å². The van der Waals surface area contributed by atoms with Crippen molar-refractivity contribution >= 4 is 17.8 Å². The maximum absolute atomic E-state index is 12.3. The van der Waals surface area contributed by atoms with Gasteiger partial charge in [0.2, 0.25) is 5.91 Å². The lowest BCUT2D eigenvalue weighted by Crippen LogP contribution is -2.49. The van der Waals surface area contributed by atoms with Crippen molar-refractivity contribution in [1.29, 1.82) is 0 Å². The summed E-state index contributed by atoms with van der Waals surface area (Å²) in [5.41, 5.74) is 5.36. The van der Waals surface area contributed by atoms with Crippen molar-refractivity contribution in [1.82, 2.24) is 10.2 Å². The molecule has 2 rings (SSSR count). The Hall–Kier alpha value is -1.47. The lowest BCUT2D eigenvalue weighted by Gasteiger charge is -2.25. The van der Waals surface area contributed by atoms with E-state index in [-0.39, 0.29) is 11.9 Å². The molecule has 2 heterocycles. The van der Waals surface area contributed by atoms with Crippen LogP contribution in [0.2, 0.25) is 0 Å². The van der Waals surface area contributed by atoms with Crippen LogP contribution in [-0.2, 0) is 19.1 Å². The van der Waals surface area contributed by atoms with Crippen LogP contribution in [0, 0.1) is 0 Å². The number of hydrogen-bond donors (Lipinski definition) is 2. The van der Waals surface area contributed by atoms with Crippen molar-refractivity contribution in [3.8, 4) is 0 Å². The van der Waals surface area contributed by atoms with E-state index in [0.717, 1.165) is 25.8 Å². The zero-order valence-electron chi connectivity index (χ0n) is 11.6. The van der Waals surface area contributed by atoms with Gasteiger partial charge in [0.15, 0.2) is 0 Å². The molecule has 2 fully saturated rings. The molecule has 112 valence electrons. The third kappa shape index (κ3) is 3.16. The Balaban J connectivity index is 1.97. The normalized spacial score (nSPS) is 27.4. The molecule has 0 spiro atoms. The molecule has 2 saturated heterocycles. The van der Waals surface area contributed by atoms with Crippen LogP contribution >= 0.6 is 0 Å². The fourth-order valence-electron chi connectivity index (χ4n) is 2.63. The van der Waals surface area contributed by atoms with E-state index < -0.39 is 24.0 Å². The van der Waals surface area contributed by atoms with Crippen molar-refractivity contribution in [3.63, 3.8) is 0 Å². The van der Waals surface area contributed by atoms with Gasteiger partial charge in [-0.3, -0.25) is 4.79 Å². The van der Waals surface area contributed by atoms with Crippen LogP contribution in [0.15, 0.2) is 0 Å². The molecule has 0 aromatic carbocycles. The number of nitrogens with one attached hydrogen (secondary N) is 1. The molecule has 0 bridgehead atoms. The summed E-state index contributed by atoms with van der Waals surface area (Å²) in [4.78, 5) is 37.2. The number of ether oxygens (including phenoxy) is 1. The lowest BCUT2D eigenvalue weighted by molar-refractivity contribution is -0.165. The molecule has 2 aliphatic heterocycles. The van der Waals surface area contributed by atoms with E-state index in [1.165, 1.54) is 11.8 Å². The maximum Gasteiger partial charge on any atom is 0.336 e. The van der Waals surface area contributed by atoms with E-state index in [9.17, 15) is 14.4 Å². The highest BCUT2D eigenvalue weighted by molar-refractivity contribution is 5.94. The van der Waals surface area contributed by atoms with Gasteiger partial charge in [-0.05, 0) is 39.2 Å². The van der Waals surface area contributed by atoms with E-state index in [0.29, 0.717) is 13.0 Å². The van der Waals surface area contributed by atoms with Gasteiger partial charge in [0, 0.05) is 6.54 Å². The van der Waals surface area contributed by atoms with Gasteiger partial charge in [-0.1, -0.05) is 0 Å². The van der Waals surface area contributed by atoms with Crippen molar-refractivity contribution < 1.29 is 19.1 Å². The molecule has 7 heteroatoms. The fourth-order valence-corrected chi connectivity index (χ4v) is 2.63. The van der Waals surface area contributed by atoms with Gasteiger partial charge in [-0.2, -0.15) is 0 Å². The average Bonchev–Trinajstić information content (AvgIpc) is 3.08. The van der Waals surface area contributed by atoms with E-state index in [1.807, 2.05) is 0 Å². The van der Waals surface area contributed by atoms with Gasteiger partial charge in [0.05, 0.1) is 6.04 Å². The Morgan fingerprint density at radius 1 is 1.30 bits per heavy atom. The van der Waals surface area contributed by atoms with Gasteiger partial charge in [0.25, 0.3) is 0 Å². The number of nitrogens with two attached hydrogens (primary N) is 1. The molecule has 7 nitrogen and oxygen atoms in total. The number of carbonyl (C=O) groups is 3. The number of amides is 1. The highest BCUT2D eigenvalue weighted by atomic mass is 16.6. The topological polar surface area (TPSA) is 102 Å². The first-order chi connectivity index (χ1) is 9.50. The number of rotatable bonds is 3. The first-order valence-corrected chi connectivity index (χ1v) is 7.05. The number of likely N-dealkylation sites (tertiary alicyclic amines) is 1. The van der Waals surface area contributed by atoms with Gasteiger partial charge in [0.1, 0.15) is 12.1 Å². The van der Waals surface area contributed by atoms with E-state index >= 15 is 0 Å². The van der Waals surface area contributed by atoms with E-state index in [4.69, 9.17) is 10.5 Å². The first-order valence-electron chi connectivity index (χ1n) is 7.05. The second kappa shape index (κ2) is 6.32. The summed E-state index contributed by atoms with van der Waals surface area (Å²) >= 11 is 0. The fraction of sp³-hybridized carbons (Fsp3) is 0.769. The Morgan fingerprint density at radius 2 is 2.05 bits per heavy atom. The summed E-state index contributed by atoms with van der Waals surface area (Å²) in [7, 11) is 0. The summed E-state index contributed by atoms with van der Waals surface area (Å²) in [6.45, 7) is 2.81. The minimum atomic E-state index is -0.846. The first kappa shape index (κ1) is 14.9. The Bertz CT molecular complexity index is 404. The predicted molar refractivity (Wildman–Crippen MR) is 70.5 cm³/mol. The number of esters is 2. The SMILES string of the molecule is C[C@H](N)C(=O)OC(=O)[C@@H]1CCCN1C(=O)[C@@H]1CCCN1. The summed E-state index contributed by atoms with van der Waals surface area (Å²) in [5, 5.41) is 3.12. The second-order valence-electron chi connectivity index (χ2n) is 5.37. The highest BCUT2D eigenvalue weighted by Gasteiger charge is 2.39. The molecule has 20 heavy (non-hydrogen) atoms. The van der Waals surface area contributed by atoms with Crippen LogP contribution in [0.5, 0.6) is 0 Å². The Morgan fingerprint density at radius 3 is 2.65 bits per heavy atom. The molecule has 0 aromatic heterocycles. The van der Waals surface area contributed by atoms with E-state index in [2.05, 4.69) is 5.32 Å². The predicted octanol–water partition coefficient (Wildman–Crippen LogP) is -0.854. The van der Waals surface area contributed by atoms with E-state index in [1.54, 1.807) is 0 Å². The van der Waals surface area contributed by atoms with Crippen LogP contribution in [0.3, 0.4) is 0 Å². The Labute approximate surface area is 117 Å². The van der Waals surface area contributed by atoms with Gasteiger partial charge in [-0.25, -0.2) is 9.59 Å². The molecular formula is C13H21N3O4. The van der Waals surface area contributed by atoms with Crippen LogP contribution in [0.25, 0.3) is 0 Å². The summed E-state index contributed by atoms with van der Waals surface area (Å²) in [5.74, 6) is -1.50. The summed E-state index contributed by atoms with van der Waals surface area (Å²) in [6.07, 6.45) is 3.02. The maximum atomic E-state index is 12.3. The quantitative estimate of drug-likeness (QED) is 0.516. The van der Waals surface area contributed by atoms with Crippen LogP contribution in [0.1, 0.15) is 32.6 Å².